The zero-order chi connectivity index (χ0) is 19.4. The Hall–Kier alpha value is -1.40. The van der Waals surface area contributed by atoms with Crippen LogP contribution in [-0.4, -0.2) is 43.8 Å². The van der Waals surface area contributed by atoms with E-state index in [1.54, 1.807) is 16.4 Å². The minimum Gasteiger partial charge on any atom is -0.296 e. The molecule has 2 aromatic rings. The van der Waals surface area contributed by atoms with Crippen LogP contribution < -0.4 is 0 Å². The predicted molar refractivity (Wildman–Crippen MR) is 110 cm³/mol. The monoisotopic (exact) mass is 406 g/mol. The summed E-state index contributed by atoms with van der Waals surface area (Å²) in [4.78, 5) is 2.65. The summed E-state index contributed by atoms with van der Waals surface area (Å²) in [6.07, 6.45) is 0.961. The van der Waals surface area contributed by atoms with Gasteiger partial charge in [0.05, 0.1) is 4.90 Å². The molecule has 6 heteroatoms. The fraction of sp³-hybridized carbons (Fsp3) is 0.429. The normalized spacial score (nSPS) is 16.7. The van der Waals surface area contributed by atoms with Crippen molar-refractivity contribution in [2.24, 2.45) is 5.92 Å². The van der Waals surface area contributed by atoms with Crippen molar-refractivity contribution in [1.29, 1.82) is 0 Å². The van der Waals surface area contributed by atoms with Crippen LogP contribution in [0.5, 0.6) is 0 Å². The zero-order valence-corrected chi connectivity index (χ0v) is 17.5. The maximum atomic E-state index is 12.9. The molecule has 1 aliphatic heterocycles. The molecule has 1 saturated heterocycles. The number of piperazine rings is 1. The Labute approximate surface area is 167 Å². The molecule has 2 aromatic carbocycles. The van der Waals surface area contributed by atoms with Crippen LogP contribution in [0.25, 0.3) is 0 Å². The van der Waals surface area contributed by atoms with Crippen molar-refractivity contribution >= 4 is 21.6 Å². The van der Waals surface area contributed by atoms with Crippen molar-refractivity contribution in [3.8, 4) is 0 Å². The number of hydrogen-bond donors (Lipinski definition) is 0. The number of halogens is 1. The van der Waals surface area contributed by atoms with Gasteiger partial charge >= 0.3 is 0 Å². The van der Waals surface area contributed by atoms with E-state index in [0.717, 1.165) is 36.6 Å². The Morgan fingerprint density at radius 3 is 2.22 bits per heavy atom. The van der Waals surface area contributed by atoms with Gasteiger partial charge in [-0.25, -0.2) is 8.42 Å². The number of sulfonamides is 1. The Balaban J connectivity index is 1.60. The molecule has 1 heterocycles. The number of hydrogen-bond acceptors (Lipinski definition) is 3. The second-order valence-corrected chi connectivity index (χ2v) is 9.93. The van der Waals surface area contributed by atoms with Gasteiger partial charge in [-0.3, -0.25) is 4.90 Å². The molecule has 0 aromatic heterocycles. The highest BCUT2D eigenvalue weighted by Gasteiger charge is 2.28. The Morgan fingerprint density at radius 2 is 1.63 bits per heavy atom. The zero-order valence-electron chi connectivity index (χ0n) is 15.9. The third-order valence-corrected chi connectivity index (χ3v) is 6.98. The minimum absolute atomic E-state index is 0.387. The topological polar surface area (TPSA) is 40.6 Å². The summed E-state index contributed by atoms with van der Waals surface area (Å²) in [6.45, 7) is 7.57. The molecule has 1 aliphatic rings. The van der Waals surface area contributed by atoms with Crippen LogP contribution in [0.3, 0.4) is 0 Å². The highest BCUT2D eigenvalue weighted by molar-refractivity contribution is 7.89. The first-order chi connectivity index (χ1) is 12.8. The second-order valence-electron chi connectivity index (χ2n) is 7.55. The highest BCUT2D eigenvalue weighted by Crippen LogP contribution is 2.20. The van der Waals surface area contributed by atoms with Gasteiger partial charge in [0.1, 0.15) is 0 Å². The van der Waals surface area contributed by atoms with E-state index in [2.05, 4.69) is 18.7 Å². The fourth-order valence-corrected chi connectivity index (χ4v) is 5.07. The summed E-state index contributed by atoms with van der Waals surface area (Å²) in [5.41, 5.74) is 2.33. The Kier molecular flexibility index (Phi) is 6.58. The molecular weight excluding hydrogens is 380 g/mol. The lowest BCUT2D eigenvalue weighted by Gasteiger charge is -2.34. The summed E-state index contributed by atoms with van der Waals surface area (Å²) < 4.78 is 27.4. The van der Waals surface area contributed by atoms with E-state index in [4.69, 9.17) is 11.6 Å². The van der Waals surface area contributed by atoms with Crippen LogP contribution in [-0.2, 0) is 23.0 Å². The molecule has 0 radical (unpaired) electrons. The van der Waals surface area contributed by atoms with Crippen molar-refractivity contribution in [3.63, 3.8) is 0 Å². The lowest BCUT2D eigenvalue weighted by molar-refractivity contribution is 0.181. The molecule has 0 spiro atoms. The number of benzene rings is 2. The van der Waals surface area contributed by atoms with Crippen LogP contribution >= 0.6 is 11.6 Å². The van der Waals surface area contributed by atoms with Crippen LogP contribution in [0.15, 0.2) is 53.4 Å². The van der Waals surface area contributed by atoms with E-state index in [1.165, 1.54) is 5.56 Å². The van der Waals surface area contributed by atoms with Crippen LogP contribution in [0.2, 0.25) is 5.02 Å². The minimum atomic E-state index is -3.42. The largest absolute Gasteiger partial charge is 0.296 e. The van der Waals surface area contributed by atoms with Gasteiger partial charge in [0.25, 0.3) is 0 Å². The third kappa shape index (κ3) is 5.32. The molecule has 27 heavy (non-hydrogen) atoms. The summed E-state index contributed by atoms with van der Waals surface area (Å²) in [5.74, 6) is 0.556. The first-order valence-corrected chi connectivity index (χ1v) is 11.2. The van der Waals surface area contributed by atoms with E-state index >= 15 is 0 Å². The third-order valence-electron chi connectivity index (χ3n) is 4.83. The Bertz CT molecular complexity index is 858. The van der Waals surface area contributed by atoms with Gasteiger partial charge < -0.3 is 0 Å². The van der Waals surface area contributed by atoms with Gasteiger partial charge in [-0.1, -0.05) is 49.7 Å². The molecule has 1 fully saturated rings. The van der Waals surface area contributed by atoms with Gasteiger partial charge in [0, 0.05) is 37.7 Å². The first kappa shape index (κ1) is 20.3. The summed E-state index contributed by atoms with van der Waals surface area (Å²) in [6, 6.07) is 15.2. The van der Waals surface area contributed by atoms with Crippen molar-refractivity contribution in [2.45, 2.75) is 31.7 Å². The molecule has 146 valence electrons. The predicted octanol–water partition coefficient (Wildman–Crippen LogP) is 4.05. The lowest BCUT2D eigenvalue weighted by atomic mass is 10.0. The smallest absolute Gasteiger partial charge is 0.243 e. The number of rotatable bonds is 6. The van der Waals surface area contributed by atoms with Gasteiger partial charge in [-0.05, 0) is 47.7 Å². The molecule has 3 rings (SSSR count). The second kappa shape index (κ2) is 8.74. The quantitative estimate of drug-likeness (QED) is 0.726. The average molecular weight is 407 g/mol. The molecule has 0 unspecified atom stereocenters. The van der Waals surface area contributed by atoms with Crippen molar-refractivity contribution < 1.29 is 8.42 Å². The lowest BCUT2D eigenvalue weighted by Crippen LogP contribution is -2.48. The van der Waals surface area contributed by atoms with Gasteiger partial charge in [0.15, 0.2) is 0 Å². The molecule has 0 saturated carbocycles. The van der Waals surface area contributed by atoms with Gasteiger partial charge in [-0.15, -0.1) is 0 Å². The van der Waals surface area contributed by atoms with Crippen molar-refractivity contribution in [2.75, 3.05) is 26.2 Å². The molecule has 0 bridgehead atoms. The summed E-state index contributed by atoms with van der Waals surface area (Å²) in [5, 5.41) is 0.731. The van der Waals surface area contributed by atoms with E-state index in [0.29, 0.717) is 23.9 Å². The molecular formula is C21H27ClN2O2S. The van der Waals surface area contributed by atoms with Crippen LogP contribution in [0, 0.1) is 5.92 Å². The standard InChI is InChI=1S/C21H27ClN2O2S/c1-17(2)14-18-6-8-21(9-7-18)27(25,26)24-12-10-23(11-13-24)16-19-4-3-5-20(22)15-19/h3-9,15,17H,10-14,16H2,1-2H3. The van der Waals surface area contributed by atoms with E-state index in [-0.39, 0.29) is 0 Å². The van der Waals surface area contributed by atoms with Gasteiger partial charge in [0.2, 0.25) is 10.0 Å². The van der Waals surface area contributed by atoms with Crippen molar-refractivity contribution in [1.82, 2.24) is 9.21 Å². The van der Waals surface area contributed by atoms with E-state index < -0.39 is 10.0 Å². The first-order valence-electron chi connectivity index (χ1n) is 9.40. The Morgan fingerprint density at radius 1 is 0.963 bits per heavy atom. The summed E-state index contributed by atoms with van der Waals surface area (Å²) in [7, 11) is -3.42. The van der Waals surface area contributed by atoms with Crippen molar-refractivity contribution in [3.05, 3.63) is 64.7 Å². The fourth-order valence-electron chi connectivity index (χ4n) is 3.44. The van der Waals surface area contributed by atoms with Crippen LogP contribution in [0.1, 0.15) is 25.0 Å². The molecule has 0 atom stereocenters. The molecule has 0 aliphatic carbocycles. The average Bonchev–Trinajstić information content (AvgIpc) is 2.62. The molecule has 4 nitrogen and oxygen atoms in total. The van der Waals surface area contributed by atoms with E-state index in [1.807, 2.05) is 36.4 Å². The number of nitrogens with zero attached hydrogens (tertiary/aromatic N) is 2. The van der Waals surface area contributed by atoms with Gasteiger partial charge in [-0.2, -0.15) is 4.31 Å². The highest BCUT2D eigenvalue weighted by atomic mass is 35.5. The van der Waals surface area contributed by atoms with E-state index in [9.17, 15) is 8.42 Å². The molecule has 0 N–H and O–H groups in total. The maximum absolute atomic E-state index is 12.9. The SMILES string of the molecule is CC(C)Cc1ccc(S(=O)(=O)N2CCN(Cc3cccc(Cl)c3)CC2)cc1. The maximum Gasteiger partial charge on any atom is 0.243 e. The molecule has 0 amide bonds. The van der Waals surface area contributed by atoms with Crippen LogP contribution in [0.4, 0.5) is 0 Å². The summed E-state index contributed by atoms with van der Waals surface area (Å²) >= 11 is 6.05.